The summed E-state index contributed by atoms with van der Waals surface area (Å²) in [7, 11) is 1.49. The molecule has 8 heteroatoms. The Morgan fingerprint density at radius 1 is 1.00 bits per heavy atom. The average Bonchev–Trinajstić information content (AvgIpc) is 3.16. The lowest BCUT2D eigenvalue weighted by atomic mass is 9.59. The number of amides is 2. The molecule has 1 heterocycles. The fraction of sp³-hybridized carbons (Fsp3) is 0.267. The van der Waals surface area contributed by atoms with E-state index in [1.165, 1.54) is 24.2 Å². The molecule has 0 spiro atoms. The van der Waals surface area contributed by atoms with Gasteiger partial charge in [-0.25, -0.2) is 0 Å². The number of rotatable bonds is 3. The van der Waals surface area contributed by atoms with Gasteiger partial charge in [0.05, 0.1) is 24.6 Å². The van der Waals surface area contributed by atoms with Gasteiger partial charge in [0.1, 0.15) is 11.5 Å². The molecule has 0 saturated carbocycles. The number of phenols is 1. The Labute approximate surface area is 224 Å². The fourth-order valence-electron chi connectivity index (χ4n) is 6.46. The highest BCUT2D eigenvalue weighted by Crippen LogP contribution is 2.56. The molecule has 0 unspecified atom stereocenters. The zero-order chi connectivity index (χ0) is 26.9. The standard InChI is InChI=1S/C30H24ClNO6/c1-14-11-23(33)22-13-21-18(25(27(22)28(14)35)19-8-7-17(38-2)12-24(19)34)9-10-20-26(21)30(37)32(29(20)36)16-5-3-15(31)4-6-16/h3-9,11-12,20-21,25-26,34H,10,13H2,1-2H3/t20-,21+,25+,26-/m0/s1. The smallest absolute Gasteiger partial charge is 0.238 e. The van der Waals surface area contributed by atoms with Crippen LogP contribution in [0.2, 0.25) is 5.02 Å². The Hall–Kier alpha value is -3.97. The van der Waals surface area contributed by atoms with E-state index in [1.807, 2.05) is 6.08 Å². The van der Waals surface area contributed by atoms with Gasteiger partial charge in [0.15, 0.2) is 11.6 Å². The summed E-state index contributed by atoms with van der Waals surface area (Å²) >= 11 is 6.02. The van der Waals surface area contributed by atoms with Gasteiger partial charge >= 0.3 is 0 Å². The Kier molecular flexibility index (Phi) is 5.65. The Bertz CT molecular complexity index is 1530. The van der Waals surface area contributed by atoms with Gasteiger partial charge < -0.3 is 9.84 Å². The number of benzene rings is 2. The molecule has 0 aromatic heterocycles. The predicted molar refractivity (Wildman–Crippen MR) is 140 cm³/mol. The molecule has 7 nitrogen and oxygen atoms in total. The molecule has 1 aliphatic heterocycles. The minimum absolute atomic E-state index is 0.0751. The number of hydrogen-bond acceptors (Lipinski definition) is 6. The second-order valence-corrected chi connectivity index (χ2v) is 10.6. The number of ketones is 2. The van der Waals surface area contributed by atoms with Crippen LogP contribution in [0, 0.1) is 17.8 Å². The van der Waals surface area contributed by atoms with Crippen molar-refractivity contribution in [3.05, 3.63) is 87.5 Å². The monoisotopic (exact) mass is 529 g/mol. The Morgan fingerprint density at radius 2 is 1.74 bits per heavy atom. The van der Waals surface area contributed by atoms with Gasteiger partial charge in [-0.3, -0.25) is 24.1 Å². The molecule has 1 fully saturated rings. The number of Topliss-reactive ketones (excluding diaryl/α,β-unsaturated/α-hetero) is 1. The minimum Gasteiger partial charge on any atom is -0.507 e. The number of carbonyl (C=O) groups excluding carboxylic acids is 4. The number of anilines is 1. The number of carbonyl (C=O) groups is 4. The normalized spacial score (nSPS) is 26.6. The first-order chi connectivity index (χ1) is 18.2. The van der Waals surface area contributed by atoms with Crippen molar-refractivity contribution in [1.82, 2.24) is 0 Å². The van der Waals surface area contributed by atoms with Crippen LogP contribution in [0.25, 0.3) is 0 Å². The number of fused-ring (bicyclic) bond motifs is 3. The highest BCUT2D eigenvalue weighted by molar-refractivity contribution is 6.31. The van der Waals surface area contributed by atoms with Crippen LogP contribution in [0.15, 0.2) is 76.9 Å². The number of aromatic hydroxyl groups is 1. The minimum atomic E-state index is -0.719. The molecule has 3 aliphatic carbocycles. The van der Waals surface area contributed by atoms with Crippen LogP contribution in [0.5, 0.6) is 11.5 Å². The van der Waals surface area contributed by atoms with Crippen molar-refractivity contribution in [1.29, 1.82) is 0 Å². The zero-order valence-corrected chi connectivity index (χ0v) is 21.5. The first kappa shape index (κ1) is 24.4. The van der Waals surface area contributed by atoms with Crippen molar-refractivity contribution in [2.45, 2.75) is 25.7 Å². The van der Waals surface area contributed by atoms with Crippen LogP contribution < -0.4 is 9.64 Å². The largest absolute Gasteiger partial charge is 0.507 e. The van der Waals surface area contributed by atoms with Crippen molar-refractivity contribution in [3.8, 4) is 11.5 Å². The first-order valence-corrected chi connectivity index (χ1v) is 12.8. The van der Waals surface area contributed by atoms with Crippen LogP contribution in [-0.2, 0) is 19.2 Å². The van der Waals surface area contributed by atoms with E-state index in [1.54, 1.807) is 43.3 Å². The number of methoxy groups -OCH3 is 1. The van der Waals surface area contributed by atoms with Crippen molar-refractivity contribution in [3.63, 3.8) is 0 Å². The SMILES string of the molecule is COc1ccc([C@H]2C3=CC[C@@H]4C(=O)N(c5ccc(Cl)cc5)C(=O)[C@@H]4[C@@H]3CC3=C2C(=O)C(C)=CC3=O)c(O)c1. The number of halogens is 1. The number of ether oxygens (including phenoxy) is 1. The molecule has 4 atom stereocenters. The summed E-state index contributed by atoms with van der Waals surface area (Å²) in [6.45, 7) is 1.61. The first-order valence-electron chi connectivity index (χ1n) is 12.4. The fourth-order valence-corrected chi connectivity index (χ4v) is 6.58. The summed E-state index contributed by atoms with van der Waals surface area (Å²) in [6.07, 6.45) is 3.75. The van der Waals surface area contributed by atoms with Gasteiger partial charge in [-0.15, -0.1) is 0 Å². The van der Waals surface area contributed by atoms with Gasteiger partial charge in [0.25, 0.3) is 0 Å². The van der Waals surface area contributed by atoms with E-state index < -0.39 is 23.7 Å². The third-order valence-electron chi connectivity index (χ3n) is 8.20. The lowest BCUT2D eigenvalue weighted by Gasteiger charge is -2.42. The zero-order valence-electron chi connectivity index (χ0n) is 20.7. The molecule has 1 saturated heterocycles. The summed E-state index contributed by atoms with van der Waals surface area (Å²) in [5.41, 5.74) is 2.69. The topological polar surface area (TPSA) is 101 Å². The summed E-state index contributed by atoms with van der Waals surface area (Å²) in [6, 6.07) is 11.4. The summed E-state index contributed by atoms with van der Waals surface area (Å²) < 4.78 is 5.24. The van der Waals surface area contributed by atoms with Gasteiger partial charge in [-0.2, -0.15) is 0 Å². The maximum absolute atomic E-state index is 13.8. The third kappa shape index (κ3) is 3.49. The number of nitrogens with zero attached hydrogens (tertiary/aromatic N) is 1. The molecular weight excluding hydrogens is 506 g/mol. The lowest BCUT2D eigenvalue weighted by Crippen LogP contribution is -2.39. The second-order valence-electron chi connectivity index (χ2n) is 10.1. The molecule has 2 aromatic rings. The number of hydrogen-bond donors (Lipinski definition) is 1. The van der Waals surface area contributed by atoms with E-state index in [9.17, 15) is 24.3 Å². The van der Waals surface area contributed by atoms with E-state index in [2.05, 4.69) is 0 Å². The molecule has 4 aliphatic rings. The van der Waals surface area contributed by atoms with Crippen molar-refractivity contribution >= 4 is 40.7 Å². The third-order valence-corrected chi connectivity index (χ3v) is 8.45. The molecule has 1 N–H and O–H groups in total. The molecule has 2 aromatic carbocycles. The van der Waals surface area contributed by atoms with Crippen LogP contribution in [0.3, 0.4) is 0 Å². The van der Waals surface area contributed by atoms with Gasteiger partial charge in [-0.1, -0.05) is 29.3 Å². The predicted octanol–water partition coefficient (Wildman–Crippen LogP) is 4.69. The maximum Gasteiger partial charge on any atom is 0.238 e. The highest BCUT2D eigenvalue weighted by Gasteiger charge is 2.56. The second kappa shape index (κ2) is 8.81. The summed E-state index contributed by atoms with van der Waals surface area (Å²) in [5.74, 6) is -3.24. The van der Waals surface area contributed by atoms with Crippen LogP contribution in [0.4, 0.5) is 5.69 Å². The van der Waals surface area contributed by atoms with Crippen molar-refractivity contribution in [2.24, 2.45) is 17.8 Å². The average molecular weight is 530 g/mol. The molecule has 0 bridgehead atoms. The van der Waals surface area contributed by atoms with Gasteiger partial charge in [-0.05, 0) is 62.1 Å². The van der Waals surface area contributed by atoms with Gasteiger partial charge in [0, 0.05) is 39.3 Å². The van der Waals surface area contributed by atoms with Gasteiger partial charge in [0.2, 0.25) is 11.8 Å². The Balaban J connectivity index is 1.49. The molecule has 38 heavy (non-hydrogen) atoms. The molecule has 0 radical (unpaired) electrons. The summed E-state index contributed by atoms with van der Waals surface area (Å²) in [4.78, 5) is 55.2. The number of phenolic OH excluding ortho intramolecular Hbond substituents is 1. The number of imide groups is 1. The maximum atomic E-state index is 13.8. The molecule has 192 valence electrons. The highest BCUT2D eigenvalue weighted by atomic mass is 35.5. The molecule has 6 rings (SSSR count). The van der Waals surface area contributed by atoms with E-state index in [4.69, 9.17) is 16.3 Å². The van der Waals surface area contributed by atoms with E-state index in [-0.39, 0.29) is 35.6 Å². The van der Waals surface area contributed by atoms with Crippen molar-refractivity contribution < 1.29 is 29.0 Å². The van der Waals surface area contributed by atoms with Crippen LogP contribution in [-0.4, -0.2) is 35.6 Å². The molecule has 2 amide bonds. The van der Waals surface area contributed by atoms with E-state index in [0.717, 1.165) is 5.57 Å². The Morgan fingerprint density at radius 3 is 2.42 bits per heavy atom. The van der Waals surface area contributed by atoms with E-state index >= 15 is 0 Å². The molecular formula is C30H24ClNO6. The van der Waals surface area contributed by atoms with Crippen molar-refractivity contribution in [2.75, 3.05) is 12.0 Å². The summed E-state index contributed by atoms with van der Waals surface area (Å²) in [5, 5.41) is 11.5. The van der Waals surface area contributed by atoms with Crippen LogP contribution in [0.1, 0.15) is 31.2 Å². The van der Waals surface area contributed by atoms with E-state index in [0.29, 0.717) is 45.2 Å². The lowest BCUT2D eigenvalue weighted by molar-refractivity contribution is -0.123. The quantitative estimate of drug-likeness (QED) is 0.352. The van der Waals surface area contributed by atoms with Crippen LogP contribution >= 0.6 is 11.6 Å². The number of allylic oxidation sites excluding steroid dienone is 6.